The van der Waals surface area contributed by atoms with Crippen LogP contribution in [0, 0.1) is 65.2 Å². The molecule has 4 amide bonds. The Morgan fingerprint density at radius 1 is 0.495 bits per heavy atom. The molecule has 516 valence electrons. The molecule has 3 unspecified atom stereocenters. The van der Waals surface area contributed by atoms with Crippen LogP contribution < -0.4 is 25.8 Å². The number of benzene rings is 7. The highest BCUT2D eigenvalue weighted by Crippen LogP contribution is 2.43. The number of amides is 4. The fraction of sp³-hybridized carbons (Fsp3) is 0.342. The number of alkyl halides is 9. The summed E-state index contributed by atoms with van der Waals surface area (Å²) in [6.45, 7) is 14.6. The van der Waals surface area contributed by atoms with Gasteiger partial charge in [-0.1, -0.05) is 115 Å². The predicted octanol–water partition coefficient (Wildman–Crippen LogP) is 14.8. The zero-order chi connectivity index (χ0) is 71.4. The first kappa shape index (κ1) is 74.8. The van der Waals surface area contributed by atoms with Gasteiger partial charge in [0.1, 0.15) is 5.41 Å². The smallest absolute Gasteiger partial charge is 0.416 e. The average molecular weight is 1350 g/mol. The van der Waals surface area contributed by atoms with Gasteiger partial charge in [0, 0.05) is 67.3 Å². The topological polar surface area (TPSA) is 187 Å². The van der Waals surface area contributed by atoms with Crippen molar-refractivity contribution in [2.24, 2.45) is 16.7 Å². The summed E-state index contributed by atoms with van der Waals surface area (Å²) in [7, 11) is 2.71. The third kappa shape index (κ3) is 18.9. The first-order chi connectivity index (χ1) is 45.6. The van der Waals surface area contributed by atoms with Gasteiger partial charge in [0.2, 0.25) is 23.6 Å². The number of ether oxygens (including phenoxy) is 4. The van der Waals surface area contributed by atoms with Crippen LogP contribution in [0.3, 0.4) is 0 Å². The summed E-state index contributed by atoms with van der Waals surface area (Å²) in [6, 6.07) is 41.0. The van der Waals surface area contributed by atoms with Crippen molar-refractivity contribution in [2.75, 3.05) is 72.8 Å². The summed E-state index contributed by atoms with van der Waals surface area (Å²) in [5.41, 5.74) is 9.18. The highest BCUT2D eigenvalue weighted by Gasteiger charge is 2.52. The summed E-state index contributed by atoms with van der Waals surface area (Å²) < 4.78 is 134. The largest absolute Gasteiger partial charge is 0.469 e. The second-order valence-electron chi connectivity index (χ2n) is 24.4. The van der Waals surface area contributed by atoms with Gasteiger partial charge in [-0.05, 0) is 135 Å². The van der Waals surface area contributed by atoms with Gasteiger partial charge in [0.15, 0.2) is 0 Å². The van der Waals surface area contributed by atoms with Crippen LogP contribution in [0.5, 0.6) is 0 Å². The van der Waals surface area contributed by atoms with Crippen molar-refractivity contribution >= 4 is 64.0 Å². The van der Waals surface area contributed by atoms with Crippen LogP contribution in [-0.4, -0.2) is 82.6 Å². The van der Waals surface area contributed by atoms with Gasteiger partial charge in [-0.25, -0.2) is 0 Å². The summed E-state index contributed by atoms with van der Waals surface area (Å²) in [5.74, 6) is -1.95. The molecule has 0 aliphatic carbocycles. The number of nitrogens with zero attached hydrogens (tertiary/aromatic N) is 3. The molecule has 3 aliphatic rings. The van der Waals surface area contributed by atoms with Crippen molar-refractivity contribution in [1.29, 1.82) is 0 Å². The number of hydrogen-bond donors (Lipinski definition) is 2. The number of nitrogens with one attached hydrogen (secondary N) is 1. The Morgan fingerprint density at radius 3 is 1.30 bits per heavy atom. The number of nitrogens with two attached hydrogens (primary N) is 1. The van der Waals surface area contributed by atoms with E-state index < -0.39 is 63.6 Å². The van der Waals surface area contributed by atoms with Crippen LogP contribution in [0.2, 0.25) is 0 Å². The molecule has 0 spiro atoms. The Balaban J connectivity index is 0.000000194. The molecule has 0 bridgehead atoms. The standard InChI is InChI=1S/C29H29F3N2O3.C22H25NO4.C14H17NO3.C8H5F6N/c1-19-12-23(29(30,31)32)14-24(13-19)33-27(36)28(18-37-16-22-10-5-4-6-11-22)15-25(35)34(17-28)26-20(2)8-7-9-21(26)3;1-16-8-7-9-17(2)20(16)23-14-22(12-19(23)24,21(25)26-3)15-27-13-18-10-5-4-6-11-18;1-9-5-4-6-10(2)13(9)15-8-11(7-12(15)16)14(17)18-3;9-7(10,11)4-1-5(8(12,13)14)3-6(15)2-4/h4-14H,15-18H2,1-3H3,(H,33,36);4-11H,12-15H2,1-3H3;4-6,11H,7-8H2,1-3H3;1-3H,15H2. The molecule has 7 aromatic carbocycles. The van der Waals surface area contributed by atoms with Gasteiger partial charge in [-0.3, -0.25) is 28.8 Å². The van der Waals surface area contributed by atoms with Crippen LogP contribution in [-0.2, 0) is 79.5 Å². The fourth-order valence-electron chi connectivity index (χ4n) is 12.0. The monoisotopic (exact) mass is 1350 g/mol. The molecule has 0 saturated carbocycles. The van der Waals surface area contributed by atoms with E-state index in [2.05, 4.69) is 5.32 Å². The molecule has 3 fully saturated rings. The summed E-state index contributed by atoms with van der Waals surface area (Å²) in [5, 5.41) is 2.65. The molecule has 97 heavy (non-hydrogen) atoms. The van der Waals surface area contributed by atoms with Crippen LogP contribution in [0.25, 0.3) is 0 Å². The number of esters is 2. The van der Waals surface area contributed by atoms with Gasteiger partial charge < -0.3 is 44.7 Å². The van der Waals surface area contributed by atoms with Crippen molar-refractivity contribution in [3.63, 3.8) is 0 Å². The molecule has 3 N–H and O–H groups in total. The SMILES string of the molecule is COC(=O)C1(COCc2ccccc2)CC(=O)N(c2c(C)cccc2C)C1.COC(=O)C1CC(=O)N(c2c(C)cccc2C)C1.Cc1cc(NC(=O)C2(COCc3ccccc3)CC(=O)N(c3c(C)cccc3C)C2)cc(C(F)(F)F)c1.Nc1cc(C(F)(F)F)cc(C(F)(F)F)c1. The van der Waals surface area contributed by atoms with Crippen molar-refractivity contribution < 1.29 is 87.2 Å². The van der Waals surface area contributed by atoms with Gasteiger partial charge in [-0.2, -0.15) is 39.5 Å². The lowest BCUT2D eigenvalue weighted by atomic mass is 9.86. The first-order valence-electron chi connectivity index (χ1n) is 30.6. The van der Waals surface area contributed by atoms with E-state index in [0.29, 0.717) is 30.8 Å². The molecular formula is C73H76F9N5O10. The van der Waals surface area contributed by atoms with Crippen LogP contribution >= 0.6 is 0 Å². The number of aryl methyl sites for hydroxylation is 7. The molecule has 3 saturated heterocycles. The van der Waals surface area contributed by atoms with E-state index in [1.807, 2.05) is 157 Å². The first-order valence-corrected chi connectivity index (χ1v) is 30.6. The van der Waals surface area contributed by atoms with Crippen molar-refractivity contribution in [1.82, 2.24) is 0 Å². The highest BCUT2D eigenvalue weighted by atomic mass is 19.4. The number of methoxy groups -OCH3 is 2. The quantitative estimate of drug-likeness (QED) is 0.0565. The lowest BCUT2D eigenvalue weighted by Crippen LogP contribution is -2.43. The average Bonchev–Trinajstić information content (AvgIpc) is 1.65. The normalized spacial score (nSPS) is 17.7. The lowest BCUT2D eigenvalue weighted by Gasteiger charge is -2.29. The number of carbonyl (C=O) groups is 6. The second kappa shape index (κ2) is 31.5. The third-order valence-electron chi connectivity index (χ3n) is 16.6. The van der Waals surface area contributed by atoms with E-state index in [0.717, 1.165) is 73.7 Å². The van der Waals surface area contributed by atoms with Crippen molar-refractivity contribution in [3.8, 4) is 0 Å². The molecule has 3 heterocycles. The number of carbonyl (C=O) groups excluding carboxylic acids is 6. The number of halogens is 9. The molecule has 10 rings (SSSR count). The molecule has 3 atom stereocenters. The zero-order valence-electron chi connectivity index (χ0n) is 55.0. The summed E-state index contributed by atoms with van der Waals surface area (Å²) in [4.78, 5) is 80.9. The number of nitrogen functional groups attached to an aromatic ring is 1. The third-order valence-corrected chi connectivity index (χ3v) is 16.6. The van der Waals surface area contributed by atoms with Gasteiger partial charge in [-0.15, -0.1) is 0 Å². The van der Waals surface area contributed by atoms with Crippen LogP contribution in [0.15, 0.2) is 152 Å². The molecule has 0 radical (unpaired) electrons. The maximum absolute atomic E-state index is 13.7. The van der Waals surface area contributed by atoms with E-state index >= 15 is 0 Å². The van der Waals surface area contributed by atoms with Gasteiger partial charge in [0.25, 0.3) is 0 Å². The molecule has 24 heteroatoms. The molecule has 7 aromatic rings. The lowest BCUT2D eigenvalue weighted by molar-refractivity contribution is -0.156. The van der Waals surface area contributed by atoms with E-state index in [4.69, 9.17) is 24.7 Å². The second-order valence-corrected chi connectivity index (χ2v) is 24.4. The number of para-hydroxylation sites is 3. The number of rotatable bonds is 15. The molecule has 0 aromatic heterocycles. The summed E-state index contributed by atoms with van der Waals surface area (Å²) >= 11 is 0. The Hall–Kier alpha value is -9.55. The molecular weight excluding hydrogens is 1280 g/mol. The van der Waals surface area contributed by atoms with Gasteiger partial charge in [0.05, 0.1) is 68.7 Å². The predicted molar refractivity (Wildman–Crippen MR) is 349 cm³/mol. The Morgan fingerprint density at radius 2 is 0.887 bits per heavy atom. The Labute approximate surface area is 556 Å². The Kier molecular flexibility index (Phi) is 24.3. The number of anilines is 5. The Bertz CT molecular complexity index is 3890. The maximum atomic E-state index is 13.7. The minimum absolute atomic E-state index is 0.0113. The van der Waals surface area contributed by atoms with Crippen molar-refractivity contribution in [3.05, 3.63) is 218 Å². The summed E-state index contributed by atoms with van der Waals surface area (Å²) in [6.07, 6.45) is -14.0. The van der Waals surface area contributed by atoms with Crippen LogP contribution in [0.1, 0.15) is 86.0 Å². The highest BCUT2D eigenvalue weighted by molar-refractivity contribution is 6.07. The van der Waals surface area contributed by atoms with E-state index in [-0.39, 0.29) is 93.5 Å². The van der Waals surface area contributed by atoms with Crippen molar-refractivity contribution in [2.45, 2.75) is 99.5 Å². The maximum Gasteiger partial charge on any atom is 0.416 e. The zero-order valence-corrected chi connectivity index (χ0v) is 55.0. The minimum Gasteiger partial charge on any atom is -0.469 e. The minimum atomic E-state index is -4.84. The fourth-order valence-corrected chi connectivity index (χ4v) is 12.0. The van der Waals surface area contributed by atoms with E-state index in [1.165, 1.54) is 27.2 Å². The van der Waals surface area contributed by atoms with Gasteiger partial charge >= 0.3 is 30.5 Å². The van der Waals surface area contributed by atoms with E-state index in [1.54, 1.807) is 14.7 Å². The molecule has 3 aliphatic heterocycles. The van der Waals surface area contributed by atoms with Crippen LogP contribution in [0.4, 0.5) is 68.0 Å². The molecule has 15 nitrogen and oxygen atoms in total. The van der Waals surface area contributed by atoms with E-state index in [9.17, 15) is 68.3 Å². The number of hydrogen-bond acceptors (Lipinski definition) is 11.